The Kier molecular flexibility index (Phi) is 3.11. The Morgan fingerprint density at radius 1 is 1.29 bits per heavy atom. The molecule has 0 aromatic heterocycles. The Morgan fingerprint density at radius 2 is 1.88 bits per heavy atom. The monoisotopic (exact) mass is 256 g/mol. The molecule has 0 bridgehead atoms. The maximum absolute atomic E-state index is 11.0. The van der Waals surface area contributed by atoms with Crippen molar-refractivity contribution in [1.29, 1.82) is 0 Å². The highest BCUT2D eigenvalue weighted by molar-refractivity contribution is 7.89. The van der Waals surface area contributed by atoms with E-state index in [0.29, 0.717) is 6.54 Å². The van der Waals surface area contributed by atoms with Gasteiger partial charge in [-0.1, -0.05) is 0 Å². The number of primary sulfonamides is 1. The molecule has 0 heterocycles. The molecule has 0 radical (unpaired) electrons. The summed E-state index contributed by atoms with van der Waals surface area (Å²) in [5.41, 5.74) is 0.857. The van der Waals surface area contributed by atoms with Crippen LogP contribution in [0, 0.1) is 5.41 Å². The lowest BCUT2D eigenvalue weighted by molar-refractivity contribution is 0.220. The minimum absolute atomic E-state index is 0.0264. The van der Waals surface area contributed by atoms with E-state index in [2.05, 4.69) is 5.32 Å². The molecule has 0 unspecified atom stereocenters. The summed E-state index contributed by atoms with van der Waals surface area (Å²) in [4.78, 5) is 0.103. The van der Waals surface area contributed by atoms with Crippen LogP contribution in [-0.2, 0) is 10.0 Å². The maximum atomic E-state index is 11.0. The first-order valence-electron chi connectivity index (χ1n) is 5.43. The number of sulfonamides is 1. The van der Waals surface area contributed by atoms with Crippen molar-refractivity contribution in [2.75, 3.05) is 18.5 Å². The molecule has 1 aliphatic carbocycles. The molecule has 0 aliphatic heterocycles. The number of hydrogen-bond donors (Lipinski definition) is 3. The number of anilines is 1. The normalized spacial score (nSPS) is 17.8. The van der Waals surface area contributed by atoms with E-state index < -0.39 is 10.0 Å². The van der Waals surface area contributed by atoms with Crippen molar-refractivity contribution in [3.63, 3.8) is 0 Å². The molecule has 1 aromatic carbocycles. The lowest BCUT2D eigenvalue weighted by atomic mass is 10.1. The van der Waals surface area contributed by atoms with E-state index in [4.69, 9.17) is 10.2 Å². The molecular formula is C11H16N2O3S. The lowest BCUT2D eigenvalue weighted by Crippen LogP contribution is -2.19. The van der Waals surface area contributed by atoms with Crippen molar-refractivity contribution < 1.29 is 13.5 Å². The van der Waals surface area contributed by atoms with Gasteiger partial charge in [-0.25, -0.2) is 13.6 Å². The Bertz CT molecular complexity index is 492. The van der Waals surface area contributed by atoms with Crippen molar-refractivity contribution in [3.8, 4) is 0 Å². The van der Waals surface area contributed by atoms with Crippen LogP contribution in [0.15, 0.2) is 29.2 Å². The van der Waals surface area contributed by atoms with E-state index in [1.165, 1.54) is 12.1 Å². The number of nitrogens with one attached hydrogen (secondary N) is 1. The van der Waals surface area contributed by atoms with E-state index in [9.17, 15) is 8.42 Å². The topological polar surface area (TPSA) is 92.4 Å². The summed E-state index contributed by atoms with van der Waals surface area (Å²) in [7, 11) is -3.62. The molecular weight excluding hydrogens is 240 g/mol. The average Bonchev–Trinajstić information content (AvgIpc) is 3.06. The summed E-state index contributed by atoms with van der Waals surface area (Å²) in [5, 5.41) is 17.3. The lowest BCUT2D eigenvalue weighted by Gasteiger charge is -2.13. The highest BCUT2D eigenvalue weighted by Gasteiger charge is 2.41. The SMILES string of the molecule is NS(=O)(=O)c1ccc(NCC2(CO)CC2)cc1. The Hall–Kier alpha value is -1.11. The van der Waals surface area contributed by atoms with Crippen molar-refractivity contribution >= 4 is 15.7 Å². The molecule has 0 atom stereocenters. The van der Waals surface area contributed by atoms with Crippen LogP contribution in [-0.4, -0.2) is 26.7 Å². The van der Waals surface area contributed by atoms with Gasteiger partial charge in [-0.05, 0) is 37.1 Å². The third kappa shape index (κ3) is 2.96. The predicted octanol–water partition coefficient (Wildman–Crippen LogP) is 0.518. The van der Waals surface area contributed by atoms with Gasteiger partial charge in [0.05, 0.1) is 11.5 Å². The molecule has 17 heavy (non-hydrogen) atoms. The molecule has 0 amide bonds. The van der Waals surface area contributed by atoms with Crippen LogP contribution < -0.4 is 10.5 Å². The summed E-state index contributed by atoms with van der Waals surface area (Å²) in [6.45, 7) is 0.896. The average molecular weight is 256 g/mol. The number of hydrogen-bond acceptors (Lipinski definition) is 4. The standard InChI is InChI=1S/C11H16N2O3S/c12-17(15,16)10-3-1-9(2-4-10)13-7-11(8-14)5-6-11/h1-4,13-14H,5-8H2,(H2,12,15,16). The minimum Gasteiger partial charge on any atom is -0.396 e. The maximum Gasteiger partial charge on any atom is 0.238 e. The molecule has 4 N–H and O–H groups in total. The molecule has 5 nitrogen and oxygen atoms in total. The van der Waals surface area contributed by atoms with E-state index in [1.807, 2.05) is 0 Å². The number of rotatable bonds is 5. The molecule has 2 rings (SSSR count). The van der Waals surface area contributed by atoms with Crippen molar-refractivity contribution in [1.82, 2.24) is 0 Å². The van der Waals surface area contributed by atoms with Crippen LogP contribution in [0.4, 0.5) is 5.69 Å². The van der Waals surface area contributed by atoms with E-state index in [-0.39, 0.29) is 16.9 Å². The fourth-order valence-corrected chi connectivity index (χ4v) is 2.14. The highest BCUT2D eigenvalue weighted by atomic mass is 32.2. The largest absolute Gasteiger partial charge is 0.396 e. The van der Waals surface area contributed by atoms with Gasteiger partial charge in [-0.3, -0.25) is 0 Å². The zero-order chi connectivity index (χ0) is 12.5. The van der Waals surface area contributed by atoms with Crippen molar-refractivity contribution in [2.24, 2.45) is 10.6 Å². The summed E-state index contributed by atoms with van der Waals surface area (Å²) in [6.07, 6.45) is 2.07. The van der Waals surface area contributed by atoms with Gasteiger partial charge in [0.25, 0.3) is 0 Å². The summed E-state index contributed by atoms with van der Waals surface area (Å²) < 4.78 is 22.1. The molecule has 94 valence electrons. The Labute approximate surface area is 101 Å². The molecule has 0 spiro atoms. The minimum atomic E-state index is -3.62. The predicted molar refractivity (Wildman–Crippen MR) is 65.1 cm³/mol. The van der Waals surface area contributed by atoms with Gasteiger partial charge in [0, 0.05) is 17.6 Å². The van der Waals surface area contributed by atoms with Crippen LogP contribution in [0.3, 0.4) is 0 Å². The number of aliphatic hydroxyl groups is 1. The highest BCUT2D eigenvalue weighted by Crippen LogP contribution is 2.44. The molecule has 6 heteroatoms. The van der Waals surface area contributed by atoms with Crippen molar-refractivity contribution in [2.45, 2.75) is 17.7 Å². The third-order valence-electron chi connectivity index (χ3n) is 3.14. The van der Waals surface area contributed by atoms with Gasteiger partial charge in [0.1, 0.15) is 0 Å². The van der Waals surface area contributed by atoms with Crippen LogP contribution in [0.25, 0.3) is 0 Å². The second kappa shape index (κ2) is 4.29. The van der Waals surface area contributed by atoms with Gasteiger partial charge in [-0.15, -0.1) is 0 Å². The number of nitrogens with two attached hydrogens (primary N) is 1. The van der Waals surface area contributed by atoms with Gasteiger partial charge in [0.15, 0.2) is 0 Å². The van der Waals surface area contributed by atoms with Gasteiger partial charge < -0.3 is 10.4 Å². The summed E-state index contributed by atoms with van der Waals surface area (Å²) in [6, 6.07) is 6.28. The summed E-state index contributed by atoms with van der Waals surface area (Å²) >= 11 is 0. The number of aliphatic hydroxyl groups excluding tert-OH is 1. The molecule has 1 aromatic rings. The smallest absolute Gasteiger partial charge is 0.238 e. The zero-order valence-corrected chi connectivity index (χ0v) is 10.2. The van der Waals surface area contributed by atoms with Gasteiger partial charge in [0.2, 0.25) is 10.0 Å². The first-order chi connectivity index (χ1) is 7.95. The van der Waals surface area contributed by atoms with Crippen LogP contribution in [0.1, 0.15) is 12.8 Å². The molecule has 1 aliphatic rings. The quantitative estimate of drug-likeness (QED) is 0.716. The van der Waals surface area contributed by atoms with Crippen LogP contribution >= 0.6 is 0 Å². The van der Waals surface area contributed by atoms with Crippen molar-refractivity contribution in [3.05, 3.63) is 24.3 Å². The van der Waals surface area contributed by atoms with Crippen LogP contribution in [0.2, 0.25) is 0 Å². The zero-order valence-electron chi connectivity index (χ0n) is 9.39. The fourth-order valence-electron chi connectivity index (χ4n) is 1.62. The van der Waals surface area contributed by atoms with Crippen LogP contribution in [0.5, 0.6) is 0 Å². The Balaban J connectivity index is 1.99. The second-order valence-corrected chi connectivity index (χ2v) is 6.14. The van der Waals surface area contributed by atoms with Gasteiger partial charge >= 0.3 is 0 Å². The Morgan fingerprint density at radius 3 is 2.29 bits per heavy atom. The molecule has 0 saturated heterocycles. The summed E-state index contributed by atoms with van der Waals surface area (Å²) in [5.74, 6) is 0. The van der Waals surface area contributed by atoms with E-state index in [1.54, 1.807) is 12.1 Å². The fraction of sp³-hybridized carbons (Fsp3) is 0.455. The first kappa shape index (κ1) is 12.3. The molecule has 1 fully saturated rings. The third-order valence-corrected chi connectivity index (χ3v) is 4.07. The number of benzene rings is 1. The second-order valence-electron chi connectivity index (χ2n) is 4.58. The van der Waals surface area contributed by atoms with E-state index >= 15 is 0 Å². The van der Waals surface area contributed by atoms with Gasteiger partial charge in [-0.2, -0.15) is 0 Å². The molecule has 1 saturated carbocycles. The van der Waals surface area contributed by atoms with E-state index in [0.717, 1.165) is 18.5 Å². The first-order valence-corrected chi connectivity index (χ1v) is 6.97.